The molecular weight excluding hydrogens is 404 g/mol. The van der Waals surface area contributed by atoms with Gasteiger partial charge in [-0.2, -0.15) is 14.9 Å². The van der Waals surface area contributed by atoms with E-state index >= 15 is 0 Å². The fraction of sp³-hybridized carbons (Fsp3) is 0.286. The van der Waals surface area contributed by atoms with Crippen LogP contribution in [0.5, 0.6) is 23.0 Å². The zero-order chi connectivity index (χ0) is 21.5. The van der Waals surface area contributed by atoms with Gasteiger partial charge in [-0.15, -0.1) is 0 Å². The molecule has 0 aliphatic rings. The minimum atomic E-state index is 0.303. The number of aryl methyl sites for hydroxylation is 1. The second kappa shape index (κ2) is 9.93. The van der Waals surface area contributed by atoms with E-state index in [1.54, 1.807) is 25.1 Å². The van der Waals surface area contributed by atoms with Crippen LogP contribution in [-0.2, 0) is 6.61 Å². The van der Waals surface area contributed by atoms with Gasteiger partial charge in [-0.05, 0) is 68.0 Å². The predicted molar refractivity (Wildman–Crippen MR) is 117 cm³/mol. The summed E-state index contributed by atoms with van der Waals surface area (Å²) in [6.45, 7) is 4.55. The largest absolute Gasteiger partial charge is 0.497 e. The van der Waals surface area contributed by atoms with Crippen molar-refractivity contribution >= 4 is 18.4 Å². The second-order valence-electron chi connectivity index (χ2n) is 6.24. The van der Waals surface area contributed by atoms with Crippen LogP contribution < -0.4 is 18.9 Å². The van der Waals surface area contributed by atoms with Crippen molar-refractivity contribution in [1.82, 2.24) is 14.9 Å². The van der Waals surface area contributed by atoms with Gasteiger partial charge in [0.05, 0.1) is 27.0 Å². The first-order chi connectivity index (χ1) is 14.5. The van der Waals surface area contributed by atoms with Gasteiger partial charge in [0.1, 0.15) is 23.9 Å². The van der Waals surface area contributed by atoms with Gasteiger partial charge in [0.25, 0.3) is 0 Å². The number of H-pyrrole nitrogens is 1. The fourth-order valence-corrected chi connectivity index (χ4v) is 3.00. The molecule has 2 aromatic carbocycles. The molecule has 1 heterocycles. The summed E-state index contributed by atoms with van der Waals surface area (Å²) in [6.07, 6.45) is 1.69. The van der Waals surface area contributed by atoms with Crippen molar-refractivity contribution in [2.45, 2.75) is 20.5 Å². The van der Waals surface area contributed by atoms with Crippen LogP contribution in [0, 0.1) is 11.7 Å². The Bertz CT molecular complexity index is 1090. The fourth-order valence-electron chi connectivity index (χ4n) is 2.77. The zero-order valence-corrected chi connectivity index (χ0v) is 18.2. The molecule has 3 rings (SSSR count). The molecule has 0 saturated heterocycles. The monoisotopic (exact) mass is 428 g/mol. The van der Waals surface area contributed by atoms with Crippen molar-refractivity contribution in [2.24, 2.45) is 5.10 Å². The van der Waals surface area contributed by atoms with Crippen molar-refractivity contribution in [3.05, 3.63) is 58.1 Å². The third kappa shape index (κ3) is 4.98. The van der Waals surface area contributed by atoms with E-state index in [1.807, 2.05) is 50.2 Å². The van der Waals surface area contributed by atoms with Crippen LogP contribution in [0.2, 0.25) is 0 Å². The topological polar surface area (TPSA) is 82.9 Å². The molecule has 1 N–H and O–H groups in total. The van der Waals surface area contributed by atoms with Crippen molar-refractivity contribution in [1.29, 1.82) is 0 Å². The van der Waals surface area contributed by atoms with Crippen molar-refractivity contribution in [2.75, 3.05) is 20.8 Å². The lowest BCUT2D eigenvalue weighted by Gasteiger charge is -2.15. The molecule has 0 unspecified atom stereocenters. The highest BCUT2D eigenvalue weighted by Gasteiger charge is 2.10. The first-order valence-electron chi connectivity index (χ1n) is 9.34. The van der Waals surface area contributed by atoms with Crippen LogP contribution >= 0.6 is 12.2 Å². The number of nitrogens with zero attached hydrogens (tertiary/aromatic N) is 3. The Morgan fingerprint density at radius 3 is 2.53 bits per heavy atom. The number of nitrogens with one attached hydrogen (secondary N) is 1. The Labute approximate surface area is 180 Å². The molecule has 3 aromatic rings. The van der Waals surface area contributed by atoms with Gasteiger partial charge >= 0.3 is 0 Å². The average Bonchev–Trinajstić information content (AvgIpc) is 3.08. The minimum absolute atomic E-state index is 0.303. The number of aromatic nitrogens is 3. The van der Waals surface area contributed by atoms with Crippen LogP contribution in [0.3, 0.4) is 0 Å². The smallest absolute Gasteiger partial charge is 0.216 e. The summed E-state index contributed by atoms with van der Waals surface area (Å²) in [4.78, 5) is 0. The van der Waals surface area contributed by atoms with E-state index in [0.717, 1.165) is 22.6 Å². The molecule has 0 bridgehead atoms. The first-order valence-corrected chi connectivity index (χ1v) is 9.75. The summed E-state index contributed by atoms with van der Waals surface area (Å²) < 4.78 is 24.5. The summed E-state index contributed by atoms with van der Waals surface area (Å²) >= 11 is 5.16. The van der Waals surface area contributed by atoms with E-state index in [0.29, 0.717) is 35.3 Å². The lowest BCUT2D eigenvalue weighted by atomic mass is 10.2. The van der Waals surface area contributed by atoms with Crippen molar-refractivity contribution < 1.29 is 18.9 Å². The number of hydrogen-bond donors (Lipinski definition) is 1. The van der Waals surface area contributed by atoms with Gasteiger partial charge in [0.2, 0.25) is 4.77 Å². The normalized spacial score (nSPS) is 10.9. The van der Waals surface area contributed by atoms with Gasteiger partial charge in [-0.25, -0.2) is 0 Å². The summed E-state index contributed by atoms with van der Waals surface area (Å²) in [5.74, 6) is 3.38. The number of ether oxygens (including phenoxy) is 4. The lowest BCUT2D eigenvalue weighted by Crippen LogP contribution is -2.02. The van der Waals surface area contributed by atoms with Crippen molar-refractivity contribution in [3.63, 3.8) is 0 Å². The Balaban J connectivity index is 1.81. The van der Waals surface area contributed by atoms with E-state index in [4.69, 9.17) is 31.2 Å². The third-order valence-corrected chi connectivity index (χ3v) is 4.54. The average molecular weight is 429 g/mol. The van der Waals surface area contributed by atoms with E-state index in [1.165, 1.54) is 0 Å². The molecule has 158 valence electrons. The quantitative estimate of drug-likeness (QED) is 0.408. The van der Waals surface area contributed by atoms with Crippen molar-refractivity contribution in [3.8, 4) is 23.0 Å². The molecule has 0 spiro atoms. The molecule has 8 nitrogen and oxygen atoms in total. The van der Waals surface area contributed by atoms with Gasteiger partial charge in [0, 0.05) is 5.56 Å². The lowest BCUT2D eigenvalue weighted by molar-refractivity contribution is 0.264. The molecule has 0 amide bonds. The maximum atomic E-state index is 6.02. The molecule has 30 heavy (non-hydrogen) atoms. The number of hydrogen-bond acceptors (Lipinski definition) is 7. The summed E-state index contributed by atoms with van der Waals surface area (Å²) in [6, 6.07) is 11.2. The molecule has 0 radical (unpaired) electrons. The molecule has 0 atom stereocenters. The Morgan fingerprint density at radius 1 is 1.07 bits per heavy atom. The summed E-state index contributed by atoms with van der Waals surface area (Å²) in [5, 5.41) is 11.1. The van der Waals surface area contributed by atoms with Gasteiger partial charge < -0.3 is 18.9 Å². The molecule has 0 fully saturated rings. The van der Waals surface area contributed by atoms with Crippen LogP contribution in [0.25, 0.3) is 0 Å². The molecule has 1 aromatic heterocycles. The molecule has 0 aliphatic carbocycles. The number of benzene rings is 2. The molecule has 9 heteroatoms. The van der Waals surface area contributed by atoms with E-state index < -0.39 is 0 Å². The highest BCUT2D eigenvalue weighted by Crippen LogP contribution is 2.31. The molecule has 0 saturated carbocycles. The van der Waals surface area contributed by atoms with Crippen LogP contribution in [-0.4, -0.2) is 41.9 Å². The Kier molecular flexibility index (Phi) is 7.08. The number of rotatable bonds is 9. The maximum Gasteiger partial charge on any atom is 0.216 e. The highest BCUT2D eigenvalue weighted by molar-refractivity contribution is 7.71. The second-order valence-corrected chi connectivity index (χ2v) is 6.62. The third-order valence-electron chi connectivity index (χ3n) is 4.27. The zero-order valence-electron chi connectivity index (χ0n) is 17.3. The van der Waals surface area contributed by atoms with E-state index in [2.05, 4.69) is 15.3 Å². The minimum Gasteiger partial charge on any atom is -0.497 e. The van der Waals surface area contributed by atoms with E-state index in [-0.39, 0.29) is 0 Å². The Morgan fingerprint density at radius 2 is 1.87 bits per heavy atom. The van der Waals surface area contributed by atoms with Gasteiger partial charge in [0.15, 0.2) is 11.5 Å². The van der Waals surface area contributed by atoms with Crippen LogP contribution in [0.15, 0.2) is 41.5 Å². The summed E-state index contributed by atoms with van der Waals surface area (Å²) in [5.41, 5.74) is 1.71. The van der Waals surface area contributed by atoms with Crippen LogP contribution in [0.1, 0.15) is 23.9 Å². The number of methoxy groups -OCH3 is 2. The standard InChI is InChI=1S/C21H24N4O4S/c1-5-28-20-10-15(12-22-25-14(2)23-24-21(25)30)6-8-19(20)29-13-16-11-17(26-3)7-9-18(16)27-4/h6-12H,5,13H2,1-4H3,(H,24,30)/b22-12-. The highest BCUT2D eigenvalue weighted by atomic mass is 32.1. The first kappa shape index (κ1) is 21.4. The van der Waals surface area contributed by atoms with E-state index in [9.17, 15) is 0 Å². The molecular formula is C21H24N4O4S. The maximum absolute atomic E-state index is 6.02. The predicted octanol–water partition coefficient (Wildman–Crippen LogP) is 4.13. The van der Waals surface area contributed by atoms with Gasteiger partial charge in [-0.1, -0.05) is 0 Å². The SMILES string of the molecule is CCOc1cc(/C=N\n2c(C)n[nH]c2=S)ccc1OCc1cc(OC)ccc1OC. The van der Waals surface area contributed by atoms with Gasteiger partial charge in [-0.3, -0.25) is 5.10 Å². The van der Waals surface area contributed by atoms with Crippen LogP contribution in [0.4, 0.5) is 0 Å². The Hall–Kier alpha value is -3.33. The molecule has 0 aliphatic heterocycles. The summed E-state index contributed by atoms with van der Waals surface area (Å²) in [7, 11) is 3.25. The number of aromatic amines is 1.